The Morgan fingerprint density at radius 2 is 1.87 bits per heavy atom. The molecule has 7 heteroatoms. The number of rotatable bonds is 8. The standard InChI is InChI=1S/C23H27BNO4S/c1-13-6-7-17(10-20(13)28-12-27-5)23-21(29-30-24)11-19(25-26)22(23)18-8-14(2)16(4)15(3)9-18/h6-10,21,24,26H,11-12H2,1-5H3/i24T. The third-order valence-electron chi connectivity index (χ3n) is 5.60. The lowest BCUT2D eigenvalue weighted by Gasteiger charge is -2.18. The zero-order chi connectivity index (χ0) is 22.5. The molecule has 1 aliphatic carbocycles. The second-order valence-corrected chi connectivity index (χ2v) is 7.87. The molecule has 2 aromatic rings. The van der Waals surface area contributed by atoms with Gasteiger partial charge in [0.15, 0.2) is 6.79 Å². The molecule has 3 rings (SSSR count). The molecule has 2 aromatic carbocycles. The predicted molar refractivity (Wildman–Crippen MR) is 125 cm³/mol. The highest BCUT2D eigenvalue weighted by Crippen LogP contribution is 2.43. The number of oxime groups is 1. The molecule has 0 fully saturated rings. The number of allylic oxidation sites excluding steroid dienone is 1. The fourth-order valence-electron chi connectivity index (χ4n) is 3.81. The molecule has 5 nitrogen and oxygen atoms in total. The molecule has 1 N–H and O–H groups in total. The van der Waals surface area contributed by atoms with E-state index in [0.29, 0.717) is 12.1 Å². The Morgan fingerprint density at radius 3 is 2.50 bits per heavy atom. The number of aryl methyl sites for hydroxylation is 3. The average Bonchev–Trinajstić information content (AvgIpc) is 3.13. The summed E-state index contributed by atoms with van der Waals surface area (Å²) in [6, 6.07) is 10.2. The molecular formula is C23H27BNO4S. The van der Waals surface area contributed by atoms with Gasteiger partial charge in [0.25, 0.3) is 0 Å². The van der Waals surface area contributed by atoms with E-state index in [4.69, 9.17) is 15.0 Å². The third-order valence-corrected chi connectivity index (χ3v) is 5.94. The summed E-state index contributed by atoms with van der Waals surface area (Å²) in [4.78, 5) is 0. The van der Waals surface area contributed by atoms with Gasteiger partial charge >= 0.3 is 0 Å². The minimum Gasteiger partial charge on any atom is -0.467 e. The van der Waals surface area contributed by atoms with Crippen LogP contribution in [0.15, 0.2) is 35.5 Å². The molecule has 1 radical (unpaired) electrons. The van der Waals surface area contributed by atoms with Gasteiger partial charge in [0, 0.05) is 19.1 Å². The Hall–Kier alpha value is -2.22. The Kier molecular flexibility index (Phi) is 6.82. The van der Waals surface area contributed by atoms with Gasteiger partial charge in [-0.15, -0.1) is 0 Å². The molecule has 0 heterocycles. The molecule has 0 aliphatic heterocycles. The number of ether oxygens (including phenoxy) is 2. The summed E-state index contributed by atoms with van der Waals surface area (Å²) in [5.74, 6) is 0.718. The van der Waals surface area contributed by atoms with E-state index >= 15 is 0 Å². The molecule has 1 atom stereocenters. The van der Waals surface area contributed by atoms with Crippen molar-refractivity contribution < 1.29 is 18.9 Å². The highest BCUT2D eigenvalue weighted by atomic mass is 32.2. The lowest BCUT2D eigenvalue weighted by molar-refractivity contribution is 0.0506. The predicted octanol–water partition coefficient (Wildman–Crippen LogP) is 4.90. The number of benzene rings is 2. The zero-order valence-electron chi connectivity index (χ0n) is 19.0. The van der Waals surface area contributed by atoms with Gasteiger partial charge in [0.2, 0.25) is 7.09 Å². The average molecular weight is 426 g/mol. The van der Waals surface area contributed by atoms with E-state index in [-0.39, 0.29) is 12.9 Å². The van der Waals surface area contributed by atoms with Crippen LogP contribution in [0, 0.1) is 27.7 Å². The summed E-state index contributed by atoms with van der Waals surface area (Å²) in [5, 5.41) is 13.4. The van der Waals surface area contributed by atoms with Crippen LogP contribution in [0.25, 0.3) is 11.1 Å². The van der Waals surface area contributed by atoms with Gasteiger partial charge < -0.3 is 18.9 Å². The Labute approximate surface area is 185 Å². The van der Waals surface area contributed by atoms with Crippen LogP contribution in [0.3, 0.4) is 0 Å². The quantitative estimate of drug-likeness (QED) is 0.214. The largest absolute Gasteiger partial charge is 0.467 e. The number of hydrogen-bond acceptors (Lipinski definition) is 6. The SMILES string of the molecule is [3H][B]SOC1CC(=NO)C(c2cc(C)c(C)c(C)c2)=C1c1ccc(C)c(OCOC)c1. The van der Waals surface area contributed by atoms with Crippen LogP contribution in [-0.4, -0.2) is 39.3 Å². The van der Waals surface area contributed by atoms with Gasteiger partial charge in [-0.05, 0) is 74.1 Å². The van der Waals surface area contributed by atoms with Crippen molar-refractivity contribution in [1.82, 2.24) is 0 Å². The van der Waals surface area contributed by atoms with Gasteiger partial charge in [-0.25, -0.2) is 0 Å². The fourth-order valence-corrected chi connectivity index (χ4v) is 4.11. The van der Waals surface area contributed by atoms with Gasteiger partial charge in [-0.2, -0.15) is 0 Å². The van der Waals surface area contributed by atoms with E-state index in [0.717, 1.165) is 52.6 Å². The molecule has 1 aliphatic rings. The molecule has 0 amide bonds. The molecule has 0 bridgehead atoms. The summed E-state index contributed by atoms with van der Waals surface area (Å²) in [7, 11) is 2.73. The highest BCUT2D eigenvalue weighted by molar-refractivity contribution is 8.15. The molecule has 0 saturated carbocycles. The van der Waals surface area contributed by atoms with E-state index in [1.165, 1.54) is 16.7 Å². The van der Waals surface area contributed by atoms with Crippen molar-refractivity contribution in [2.75, 3.05) is 13.9 Å². The van der Waals surface area contributed by atoms with Crippen molar-refractivity contribution in [3.63, 3.8) is 0 Å². The maximum Gasteiger partial charge on any atom is 0.209 e. The van der Waals surface area contributed by atoms with Crippen LogP contribution >= 0.6 is 11.9 Å². The van der Waals surface area contributed by atoms with Crippen LogP contribution in [-0.2, 0) is 8.92 Å². The van der Waals surface area contributed by atoms with Gasteiger partial charge in [-0.1, -0.05) is 41.3 Å². The van der Waals surface area contributed by atoms with Crippen LogP contribution in [0.2, 0.25) is 0 Å². The maximum absolute atomic E-state index is 9.82. The van der Waals surface area contributed by atoms with Gasteiger partial charge in [0.05, 0.1) is 5.71 Å². The molecular weight excluding hydrogens is 397 g/mol. The van der Waals surface area contributed by atoms with E-state index in [1.54, 1.807) is 7.11 Å². The van der Waals surface area contributed by atoms with Crippen molar-refractivity contribution in [2.24, 2.45) is 5.16 Å². The van der Waals surface area contributed by atoms with Crippen molar-refractivity contribution in [3.8, 4) is 5.75 Å². The number of hydrogen-bond donors (Lipinski definition) is 1. The minimum atomic E-state index is -0.368. The first-order chi connectivity index (χ1) is 14.9. The summed E-state index contributed by atoms with van der Waals surface area (Å²) in [5.41, 5.74) is 8.79. The summed E-state index contributed by atoms with van der Waals surface area (Å²) < 4.78 is 24.1. The van der Waals surface area contributed by atoms with Crippen LogP contribution < -0.4 is 4.74 Å². The van der Waals surface area contributed by atoms with E-state index < -0.39 is 0 Å². The molecule has 0 aromatic heterocycles. The Bertz CT molecular complexity index is 1000. The molecule has 0 saturated heterocycles. The maximum atomic E-state index is 9.82. The fraction of sp³-hybridized carbons (Fsp3) is 0.348. The highest BCUT2D eigenvalue weighted by Gasteiger charge is 2.34. The van der Waals surface area contributed by atoms with E-state index in [2.05, 4.69) is 38.1 Å². The van der Waals surface area contributed by atoms with Gasteiger partial charge in [0.1, 0.15) is 11.9 Å². The lowest BCUT2D eigenvalue weighted by Crippen LogP contribution is -2.09. The molecule has 1 unspecified atom stereocenters. The second kappa shape index (κ2) is 9.73. The van der Waals surface area contributed by atoms with Crippen molar-refractivity contribution in [1.29, 1.82) is 1.34 Å². The molecule has 0 spiro atoms. The normalized spacial score (nSPS) is 18.1. The molecule has 157 valence electrons. The monoisotopic (exact) mass is 426 g/mol. The van der Waals surface area contributed by atoms with Crippen LogP contribution in [0.1, 0.15) is 39.8 Å². The van der Waals surface area contributed by atoms with Crippen molar-refractivity contribution in [3.05, 3.63) is 63.7 Å². The first kappa shape index (κ1) is 21.0. The minimum absolute atomic E-state index is 0.152. The Morgan fingerprint density at radius 1 is 1.13 bits per heavy atom. The third kappa shape index (κ3) is 4.43. The number of nitrogens with zero attached hydrogens (tertiary/aromatic N) is 1. The van der Waals surface area contributed by atoms with Crippen molar-refractivity contribution in [2.45, 2.75) is 40.2 Å². The topological polar surface area (TPSA) is 60.3 Å². The Balaban J connectivity index is 2.23. The lowest BCUT2D eigenvalue weighted by atomic mass is 9.91. The van der Waals surface area contributed by atoms with Crippen LogP contribution in [0.4, 0.5) is 0 Å². The van der Waals surface area contributed by atoms with Crippen LogP contribution in [0.5, 0.6) is 5.75 Å². The zero-order valence-corrected chi connectivity index (χ0v) is 18.8. The van der Waals surface area contributed by atoms with E-state index in [9.17, 15) is 5.21 Å². The first-order valence-electron chi connectivity index (χ1n) is 10.3. The van der Waals surface area contributed by atoms with Gasteiger partial charge in [-0.3, -0.25) is 0 Å². The smallest absolute Gasteiger partial charge is 0.209 e. The first-order valence-corrected chi connectivity index (χ1v) is 10.5. The van der Waals surface area contributed by atoms with E-state index in [1.807, 2.05) is 25.1 Å². The second-order valence-electron chi connectivity index (χ2n) is 7.49. The molecule has 30 heavy (non-hydrogen) atoms. The summed E-state index contributed by atoms with van der Waals surface area (Å²) in [6.07, 6.45) is 0.0447. The summed E-state index contributed by atoms with van der Waals surface area (Å²) in [6.45, 7) is 8.40. The number of methoxy groups -OCH3 is 1. The van der Waals surface area contributed by atoms with Crippen molar-refractivity contribution >= 4 is 35.8 Å². The summed E-state index contributed by atoms with van der Waals surface area (Å²) >= 11 is 0.963.